The molecule has 2 aliphatic rings. The van der Waals surface area contributed by atoms with Crippen LogP contribution >= 0.6 is 0 Å². The van der Waals surface area contributed by atoms with Gasteiger partial charge in [-0.05, 0) is 25.1 Å². The van der Waals surface area contributed by atoms with Crippen LogP contribution in [0, 0.1) is 5.82 Å². The zero-order valence-corrected chi connectivity index (χ0v) is 13.5. The lowest BCUT2D eigenvalue weighted by molar-refractivity contribution is 0.103. The number of anilines is 1. The number of urea groups is 1. The highest BCUT2D eigenvalue weighted by molar-refractivity contribution is 5.88. The zero-order chi connectivity index (χ0) is 16.2. The van der Waals surface area contributed by atoms with Gasteiger partial charge in [-0.25, -0.2) is 14.2 Å². The largest absolute Gasteiger partial charge is 0.323 e. The molecule has 2 saturated heterocycles. The molecule has 0 spiro atoms. The molecule has 1 aromatic rings. The number of nitrogens with one attached hydrogen (secondary N) is 1. The first kappa shape index (κ1) is 16.1. The van der Waals surface area contributed by atoms with E-state index in [-0.39, 0.29) is 6.03 Å². The number of nitrogens with zero attached hydrogens (tertiary/aromatic N) is 4. The van der Waals surface area contributed by atoms with Crippen molar-refractivity contribution in [3.8, 4) is 0 Å². The summed E-state index contributed by atoms with van der Waals surface area (Å²) in [4.78, 5) is 22.9. The highest BCUT2D eigenvalue weighted by atomic mass is 19.1. The maximum atomic E-state index is 12.8. The Balaban J connectivity index is 1.49. The first-order chi connectivity index (χ1) is 11.2. The molecular weight excluding hydrogens is 297 g/mol. The molecule has 1 atom stereocenters. The van der Waals surface area contributed by atoms with Crippen molar-refractivity contribution in [1.29, 1.82) is 0 Å². The molecule has 0 unspecified atom stereocenters. The summed E-state index contributed by atoms with van der Waals surface area (Å²) in [5, 5.41) is 2.73. The monoisotopic (exact) mass is 321 g/mol. The molecule has 23 heavy (non-hydrogen) atoms. The van der Waals surface area contributed by atoms with Crippen molar-refractivity contribution in [2.75, 3.05) is 51.1 Å². The molecule has 6 nitrogen and oxygen atoms in total. The van der Waals surface area contributed by atoms with Gasteiger partial charge in [-0.3, -0.25) is 10.2 Å². The average molecular weight is 321 g/mol. The number of likely N-dealkylation sites (tertiary alicyclic amines) is 1. The summed E-state index contributed by atoms with van der Waals surface area (Å²) >= 11 is 0. The molecule has 2 aliphatic heterocycles. The van der Waals surface area contributed by atoms with Gasteiger partial charge in [0.15, 0.2) is 0 Å². The van der Waals surface area contributed by atoms with E-state index in [9.17, 15) is 9.18 Å². The summed E-state index contributed by atoms with van der Waals surface area (Å²) < 4.78 is 12.8. The molecule has 0 aromatic carbocycles. The number of carbonyl (C=O) groups is 1. The van der Waals surface area contributed by atoms with Gasteiger partial charge in [0, 0.05) is 45.3 Å². The van der Waals surface area contributed by atoms with E-state index in [0.29, 0.717) is 11.9 Å². The van der Waals surface area contributed by atoms with Gasteiger partial charge in [0.2, 0.25) is 0 Å². The molecule has 0 aliphatic carbocycles. The van der Waals surface area contributed by atoms with Crippen molar-refractivity contribution in [1.82, 2.24) is 19.7 Å². The van der Waals surface area contributed by atoms with Crippen molar-refractivity contribution in [3.63, 3.8) is 0 Å². The fourth-order valence-corrected chi connectivity index (χ4v) is 3.31. The van der Waals surface area contributed by atoms with Gasteiger partial charge in [0.05, 0.1) is 6.20 Å². The third kappa shape index (κ3) is 3.97. The molecule has 0 bridgehead atoms. The molecule has 7 heteroatoms. The summed E-state index contributed by atoms with van der Waals surface area (Å²) in [6.07, 6.45) is 2.12. The van der Waals surface area contributed by atoms with Crippen molar-refractivity contribution in [2.24, 2.45) is 0 Å². The van der Waals surface area contributed by atoms with E-state index in [0.717, 1.165) is 58.4 Å². The number of piperazine rings is 1. The number of aromatic nitrogens is 1. The number of carbonyl (C=O) groups excluding carboxylic acids is 1. The van der Waals surface area contributed by atoms with Crippen LogP contribution in [0.4, 0.5) is 15.0 Å². The Labute approximate surface area is 136 Å². The highest BCUT2D eigenvalue weighted by Crippen LogP contribution is 2.18. The molecule has 1 aromatic heterocycles. The van der Waals surface area contributed by atoms with Gasteiger partial charge < -0.3 is 9.80 Å². The van der Waals surface area contributed by atoms with Gasteiger partial charge in [0.1, 0.15) is 11.6 Å². The second kappa shape index (κ2) is 7.23. The fourth-order valence-electron chi connectivity index (χ4n) is 3.31. The van der Waals surface area contributed by atoms with E-state index < -0.39 is 5.82 Å². The molecular formula is C16H24FN5O. The van der Waals surface area contributed by atoms with E-state index in [1.54, 1.807) is 0 Å². The van der Waals surface area contributed by atoms with Gasteiger partial charge >= 0.3 is 6.03 Å². The second-order valence-electron chi connectivity index (χ2n) is 6.15. The molecule has 3 rings (SSSR count). The van der Waals surface area contributed by atoms with Crippen molar-refractivity contribution >= 4 is 11.8 Å². The van der Waals surface area contributed by atoms with Crippen LogP contribution in [0.1, 0.15) is 13.3 Å². The minimum atomic E-state index is -0.407. The third-order valence-corrected chi connectivity index (χ3v) is 4.78. The van der Waals surface area contributed by atoms with E-state index in [1.165, 1.54) is 12.1 Å². The molecule has 0 saturated carbocycles. The zero-order valence-electron chi connectivity index (χ0n) is 13.5. The number of hydrogen-bond acceptors (Lipinski definition) is 4. The Morgan fingerprint density at radius 2 is 2.09 bits per heavy atom. The van der Waals surface area contributed by atoms with Gasteiger partial charge in [-0.15, -0.1) is 0 Å². The lowest BCUT2D eigenvalue weighted by Crippen LogP contribution is -2.51. The molecule has 1 N–H and O–H groups in total. The maximum absolute atomic E-state index is 12.8. The predicted octanol–water partition coefficient (Wildman–Crippen LogP) is 1.46. The Morgan fingerprint density at radius 3 is 2.74 bits per heavy atom. The van der Waals surface area contributed by atoms with Gasteiger partial charge in [0.25, 0.3) is 0 Å². The Hall–Kier alpha value is -1.73. The topological polar surface area (TPSA) is 51.7 Å². The summed E-state index contributed by atoms with van der Waals surface area (Å²) in [5.41, 5.74) is 0. The van der Waals surface area contributed by atoms with Crippen LogP contribution in [0.3, 0.4) is 0 Å². The lowest BCUT2D eigenvalue weighted by Gasteiger charge is -2.37. The number of halogens is 1. The Kier molecular flexibility index (Phi) is 5.07. The van der Waals surface area contributed by atoms with Gasteiger partial charge in [-0.2, -0.15) is 0 Å². The quantitative estimate of drug-likeness (QED) is 0.916. The molecule has 2 amide bonds. The van der Waals surface area contributed by atoms with Crippen LogP contribution in [-0.2, 0) is 0 Å². The smallest absolute Gasteiger partial charge is 0.323 e. The van der Waals surface area contributed by atoms with Crippen LogP contribution in [0.15, 0.2) is 18.3 Å². The minimum absolute atomic E-state index is 0.154. The molecule has 0 radical (unpaired) electrons. The number of likely N-dealkylation sites (N-methyl/N-ethyl adjacent to an activating group) is 1. The highest BCUT2D eigenvalue weighted by Gasteiger charge is 2.31. The summed E-state index contributed by atoms with van der Waals surface area (Å²) in [5.74, 6) is -0.0214. The van der Waals surface area contributed by atoms with Gasteiger partial charge in [-0.1, -0.05) is 6.92 Å². The second-order valence-corrected chi connectivity index (χ2v) is 6.15. The van der Waals surface area contributed by atoms with E-state index in [2.05, 4.69) is 27.0 Å². The van der Waals surface area contributed by atoms with Crippen LogP contribution in [0.5, 0.6) is 0 Å². The molecule has 3 heterocycles. The van der Waals surface area contributed by atoms with E-state index in [4.69, 9.17) is 0 Å². The number of rotatable bonds is 3. The van der Waals surface area contributed by atoms with Crippen molar-refractivity contribution < 1.29 is 9.18 Å². The van der Waals surface area contributed by atoms with Crippen LogP contribution in [0.2, 0.25) is 0 Å². The minimum Gasteiger partial charge on any atom is -0.323 e. The number of amides is 2. The Bertz CT molecular complexity index is 530. The molecule has 2 fully saturated rings. The SMILES string of the molecule is CCN1CCN([C@H]2CCN(C(=O)Nc3ccc(F)cn3)C2)CC1. The summed E-state index contributed by atoms with van der Waals surface area (Å²) in [6.45, 7) is 9.18. The fraction of sp³-hybridized carbons (Fsp3) is 0.625. The summed E-state index contributed by atoms with van der Waals surface area (Å²) in [6, 6.07) is 3.06. The van der Waals surface area contributed by atoms with Crippen LogP contribution in [0.25, 0.3) is 0 Å². The lowest BCUT2D eigenvalue weighted by atomic mass is 10.2. The maximum Gasteiger partial charge on any atom is 0.323 e. The number of pyridine rings is 1. The summed E-state index contributed by atoms with van der Waals surface area (Å²) in [7, 11) is 0. The standard InChI is InChI=1S/C16H24FN5O/c1-2-20-7-9-21(10-8-20)14-5-6-22(12-14)16(23)19-15-4-3-13(17)11-18-15/h3-4,11,14H,2,5-10,12H2,1H3,(H,18,19,23)/t14-/m0/s1. The van der Waals surface area contributed by atoms with Crippen molar-refractivity contribution in [3.05, 3.63) is 24.1 Å². The van der Waals surface area contributed by atoms with E-state index in [1.807, 2.05) is 4.90 Å². The first-order valence-electron chi connectivity index (χ1n) is 8.29. The van der Waals surface area contributed by atoms with E-state index >= 15 is 0 Å². The van der Waals surface area contributed by atoms with Crippen LogP contribution < -0.4 is 5.32 Å². The third-order valence-electron chi connectivity index (χ3n) is 4.78. The first-order valence-corrected chi connectivity index (χ1v) is 8.29. The Morgan fingerprint density at radius 1 is 1.30 bits per heavy atom. The average Bonchev–Trinajstić information content (AvgIpc) is 3.07. The molecule has 126 valence electrons. The normalized spacial score (nSPS) is 23.2. The van der Waals surface area contributed by atoms with Crippen LogP contribution in [-0.4, -0.2) is 77.6 Å². The predicted molar refractivity (Wildman–Crippen MR) is 86.9 cm³/mol. The van der Waals surface area contributed by atoms with Crippen molar-refractivity contribution in [2.45, 2.75) is 19.4 Å². The number of hydrogen-bond donors (Lipinski definition) is 1.